The number of pyridine rings is 1. The fourth-order valence-electron chi connectivity index (χ4n) is 4.34. The molecule has 3 heterocycles. The standard InChI is InChI=1S/C25H23FN4O4/c1-34-25(33)30-12-19-22(20(31)13-30)17(9-14-5-3-2-4-6-14)23(28-19)15-7-8-27-21(10-15)29-24(32)16-11-18(16)26/h2-8,10,16,18,28H,9,11-13H2,1H3,(H,27,29,32)/t16-,18+/m1/s1. The van der Waals surface area contributed by atoms with E-state index in [0.717, 1.165) is 16.7 Å². The molecule has 0 saturated heterocycles. The van der Waals surface area contributed by atoms with Crippen molar-refractivity contribution in [1.29, 1.82) is 0 Å². The maximum atomic E-state index is 13.3. The molecule has 0 radical (unpaired) electrons. The lowest BCUT2D eigenvalue weighted by molar-refractivity contribution is -0.117. The van der Waals surface area contributed by atoms with E-state index in [0.29, 0.717) is 29.2 Å². The Kier molecular flexibility index (Phi) is 5.61. The summed E-state index contributed by atoms with van der Waals surface area (Å²) in [5.74, 6) is -0.886. The zero-order chi connectivity index (χ0) is 23.8. The van der Waals surface area contributed by atoms with Gasteiger partial charge in [-0.3, -0.25) is 14.5 Å². The van der Waals surface area contributed by atoms with E-state index >= 15 is 0 Å². The Morgan fingerprint density at radius 2 is 2.00 bits per heavy atom. The number of hydrogen-bond acceptors (Lipinski definition) is 5. The number of H-pyrrole nitrogens is 1. The molecule has 2 aromatic heterocycles. The number of benzene rings is 1. The molecule has 2 amide bonds. The number of methoxy groups -OCH3 is 1. The Balaban J connectivity index is 1.54. The average Bonchev–Trinajstić information content (AvgIpc) is 3.47. The molecule has 0 spiro atoms. The van der Waals surface area contributed by atoms with Crippen LogP contribution in [0.3, 0.4) is 0 Å². The van der Waals surface area contributed by atoms with E-state index in [-0.39, 0.29) is 25.3 Å². The van der Waals surface area contributed by atoms with Crippen LogP contribution in [-0.2, 0) is 22.5 Å². The number of ether oxygens (including phenoxy) is 1. The van der Waals surface area contributed by atoms with Crippen LogP contribution in [0, 0.1) is 5.92 Å². The Morgan fingerprint density at radius 3 is 2.71 bits per heavy atom. The molecule has 0 unspecified atom stereocenters. The molecule has 1 fully saturated rings. The minimum absolute atomic E-state index is 0.0673. The maximum Gasteiger partial charge on any atom is 0.410 e. The number of rotatable bonds is 5. The molecule has 1 aliphatic heterocycles. The van der Waals surface area contributed by atoms with Crippen LogP contribution in [0.5, 0.6) is 0 Å². The minimum atomic E-state index is -1.10. The summed E-state index contributed by atoms with van der Waals surface area (Å²) in [5, 5.41) is 2.67. The molecule has 2 aliphatic rings. The third kappa shape index (κ3) is 4.16. The van der Waals surface area contributed by atoms with Crippen molar-refractivity contribution in [3.8, 4) is 11.3 Å². The molecular weight excluding hydrogens is 439 g/mol. The van der Waals surface area contributed by atoms with Crippen LogP contribution in [0.25, 0.3) is 11.3 Å². The lowest BCUT2D eigenvalue weighted by Gasteiger charge is -2.25. The third-order valence-electron chi connectivity index (χ3n) is 6.15. The van der Waals surface area contributed by atoms with Crippen LogP contribution in [-0.4, -0.2) is 52.5 Å². The zero-order valence-corrected chi connectivity index (χ0v) is 18.5. The van der Waals surface area contributed by atoms with Crippen LogP contribution < -0.4 is 5.32 Å². The van der Waals surface area contributed by atoms with Gasteiger partial charge in [-0.25, -0.2) is 14.2 Å². The number of carbonyl (C=O) groups is 3. The highest BCUT2D eigenvalue weighted by atomic mass is 19.1. The lowest BCUT2D eigenvalue weighted by atomic mass is 9.94. The van der Waals surface area contributed by atoms with Gasteiger partial charge in [0, 0.05) is 29.4 Å². The number of hydrogen-bond donors (Lipinski definition) is 2. The predicted octanol–water partition coefficient (Wildman–Crippen LogP) is 3.73. The van der Waals surface area contributed by atoms with E-state index in [2.05, 4.69) is 15.3 Å². The molecule has 8 nitrogen and oxygen atoms in total. The van der Waals surface area contributed by atoms with Gasteiger partial charge in [-0.05, 0) is 29.7 Å². The van der Waals surface area contributed by atoms with Gasteiger partial charge in [-0.2, -0.15) is 0 Å². The molecule has 9 heteroatoms. The van der Waals surface area contributed by atoms with Crippen LogP contribution in [0.15, 0.2) is 48.7 Å². The van der Waals surface area contributed by atoms with Crippen molar-refractivity contribution in [2.75, 3.05) is 19.0 Å². The summed E-state index contributed by atoms with van der Waals surface area (Å²) in [7, 11) is 1.28. The van der Waals surface area contributed by atoms with E-state index in [1.54, 1.807) is 18.3 Å². The first kappa shape index (κ1) is 21.8. The van der Waals surface area contributed by atoms with Gasteiger partial charge in [0.25, 0.3) is 0 Å². The monoisotopic (exact) mass is 462 g/mol. The second kappa shape index (κ2) is 8.74. The van der Waals surface area contributed by atoms with Crippen molar-refractivity contribution in [3.05, 3.63) is 71.0 Å². The number of anilines is 1. The predicted molar refractivity (Wildman–Crippen MR) is 122 cm³/mol. The Hall–Kier alpha value is -4.01. The molecule has 5 rings (SSSR count). The summed E-state index contributed by atoms with van der Waals surface area (Å²) in [4.78, 5) is 46.2. The molecule has 2 atom stereocenters. The van der Waals surface area contributed by atoms with E-state index in [1.807, 2.05) is 30.3 Å². The van der Waals surface area contributed by atoms with E-state index < -0.39 is 24.1 Å². The van der Waals surface area contributed by atoms with E-state index in [9.17, 15) is 18.8 Å². The fourth-order valence-corrected chi connectivity index (χ4v) is 4.34. The van der Waals surface area contributed by atoms with Crippen LogP contribution in [0.1, 0.15) is 33.6 Å². The molecule has 34 heavy (non-hydrogen) atoms. The molecular formula is C25H23FN4O4. The van der Waals surface area contributed by atoms with Gasteiger partial charge in [-0.15, -0.1) is 0 Å². The highest BCUT2D eigenvalue weighted by Crippen LogP contribution is 2.36. The number of fused-ring (bicyclic) bond motifs is 1. The van der Waals surface area contributed by atoms with Crippen molar-refractivity contribution < 1.29 is 23.5 Å². The van der Waals surface area contributed by atoms with Crippen molar-refractivity contribution in [2.45, 2.75) is 25.6 Å². The fraction of sp³-hybridized carbons (Fsp3) is 0.280. The summed E-state index contributed by atoms with van der Waals surface area (Å²) >= 11 is 0. The molecule has 3 aromatic rings. The number of aromatic amines is 1. The van der Waals surface area contributed by atoms with Crippen molar-refractivity contribution in [1.82, 2.24) is 14.9 Å². The normalized spacial score (nSPS) is 18.9. The quantitative estimate of drug-likeness (QED) is 0.601. The number of nitrogens with one attached hydrogen (secondary N) is 2. The number of amides is 2. The van der Waals surface area contributed by atoms with Crippen LogP contribution in [0.2, 0.25) is 0 Å². The van der Waals surface area contributed by atoms with E-state index in [1.165, 1.54) is 12.0 Å². The molecule has 174 valence electrons. The van der Waals surface area contributed by atoms with Crippen LogP contribution >= 0.6 is 0 Å². The smallest absolute Gasteiger partial charge is 0.410 e. The average molecular weight is 462 g/mol. The number of nitrogens with zero attached hydrogens (tertiary/aromatic N) is 2. The highest BCUT2D eigenvalue weighted by molar-refractivity contribution is 6.04. The van der Waals surface area contributed by atoms with Gasteiger partial charge in [0.05, 0.1) is 31.8 Å². The summed E-state index contributed by atoms with van der Waals surface area (Å²) < 4.78 is 18.1. The van der Waals surface area contributed by atoms with Gasteiger partial charge < -0.3 is 15.0 Å². The van der Waals surface area contributed by atoms with Gasteiger partial charge in [0.2, 0.25) is 5.91 Å². The number of alkyl halides is 1. The summed E-state index contributed by atoms with van der Waals surface area (Å²) in [6.45, 7) is 0.145. The molecule has 1 saturated carbocycles. The number of Topliss-reactive ketones (excluding diaryl/α,β-unsaturated/α-hetero) is 1. The third-order valence-corrected chi connectivity index (χ3v) is 6.15. The number of ketones is 1. The number of aromatic nitrogens is 2. The topological polar surface area (TPSA) is 104 Å². The molecule has 1 aliphatic carbocycles. The summed E-state index contributed by atoms with van der Waals surface area (Å²) in [5.41, 5.74) is 4.46. The first-order valence-electron chi connectivity index (χ1n) is 11.0. The maximum absolute atomic E-state index is 13.3. The van der Waals surface area contributed by atoms with Crippen molar-refractivity contribution in [3.63, 3.8) is 0 Å². The largest absolute Gasteiger partial charge is 0.453 e. The van der Waals surface area contributed by atoms with Crippen molar-refractivity contribution >= 4 is 23.6 Å². The van der Waals surface area contributed by atoms with Gasteiger partial charge in [-0.1, -0.05) is 30.3 Å². The Morgan fingerprint density at radius 1 is 1.24 bits per heavy atom. The minimum Gasteiger partial charge on any atom is -0.453 e. The zero-order valence-electron chi connectivity index (χ0n) is 18.5. The first-order chi connectivity index (χ1) is 16.4. The summed E-state index contributed by atoms with van der Waals surface area (Å²) in [6.07, 6.45) is 0.621. The number of carbonyl (C=O) groups excluding carboxylic acids is 3. The molecule has 2 N–H and O–H groups in total. The second-order valence-electron chi connectivity index (χ2n) is 8.52. The second-order valence-corrected chi connectivity index (χ2v) is 8.52. The van der Waals surface area contributed by atoms with Crippen LogP contribution in [0.4, 0.5) is 15.0 Å². The first-order valence-corrected chi connectivity index (χ1v) is 11.0. The van der Waals surface area contributed by atoms with Gasteiger partial charge in [0.1, 0.15) is 12.0 Å². The summed E-state index contributed by atoms with van der Waals surface area (Å²) in [6, 6.07) is 13.2. The SMILES string of the molecule is COC(=O)N1CC(=O)c2c([nH]c(-c3ccnc(NC(=O)[C@@H]4C[C@@H]4F)c3)c2Cc2ccccc2)C1. The van der Waals surface area contributed by atoms with Crippen molar-refractivity contribution in [2.24, 2.45) is 5.92 Å². The molecule has 1 aromatic carbocycles. The van der Waals surface area contributed by atoms with Gasteiger partial charge >= 0.3 is 6.09 Å². The number of halogens is 1. The van der Waals surface area contributed by atoms with Gasteiger partial charge in [0.15, 0.2) is 5.78 Å². The Labute approximate surface area is 195 Å². The highest BCUT2D eigenvalue weighted by Gasteiger charge is 2.43. The lowest BCUT2D eigenvalue weighted by Crippen LogP contribution is -2.39. The van der Waals surface area contributed by atoms with E-state index in [4.69, 9.17) is 4.74 Å². The Bertz CT molecular complexity index is 1270. The molecule has 0 bridgehead atoms.